The lowest BCUT2D eigenvalue weighted by Gasteiger charge is -2.29. The van der Waals surface area contributed by atoms with Gasteiger partial charge in [0, 0.05) is 18.7 Å². The Morgan fingerprint density at radius 3 is 2.44 bits per heavy atom. The van der Waals surface area contributed by atoms with E-state index in [0.717, 1.165) is 12.8 Å². The third-order valence-electron chi connectivity index (χ3n) is 5.47. The van der Waals surface area contributed by atoms with Crippen LogP contribution in [0, 0.1) is 16.0 Å². The molecule has 1 saturated heterocycles. The van der Waals surface area contributed by atoms with Crippen molar-refractivity contribution < 1.29 is 22.9 Å². The topological polar surface area (TPSA) is 119 Å². The number of sulfonamides is 1. The van der Waals surface area contributed by atoms with Gasteiger partial charge in [0.2, 0.25) is 10.0 Å². The van der Waals surface area contributed by atoms with Gasteiger partial charge in [-0.3, -0.25) is 14.9 Å². The predicted octanol–water partition coefficient (Wildman–Crippen LogP) is 3.71. The number of benzene rings is 2. The zero-order chi connectivity index (χ0) is 23.3. The second-order valence-electron chi connectivity index (χ2n) is 7.76. The number of nitrogens with zero attached hydrogens (tertiary/aromatic N) is 2. The van der Waals surface area contributed by atoms with Crippen LogP contribution in [0.3, 0.4) is 0 Å². The second kappa shape index (κ2) is 10.1. The highest BCUT2D eigenvalue weighted by molar-refractivity contribution is 7.89. The lowest BCUT2D eigenvalue weighted by atomic mass is 10.0. The first-order valence-electron chi connectivity index (χ1n) is 10.5. The van der Waals surface area contributed by atoms with Crippen molar-refractivity contribution >= 4 is 27.2 Å². The number of carbonyl (C=O) groups excluding carboxylic acids is 1. The molecule has 2 aromatic rings. The summed E-state index contributed by atoms with van der Waals surface area (Å²) in [5, 5.41) is 14.1. The number of anilines is 1. The highest BCUT2D eigenvalue weighted by Crippen LogP contribution is 2.29. The summed E-state index contributed by atoms with van der Waals surface area (Å²) in [5.74, 6) is 0.570. The number of nitro benzene ring substituents is 1. The SMILES string of the molecule is CCOc1ccc(NCC(=O)c2ccc(S(=O)(=O)N3CCC(C)CC3)cc2)c([N+](=O)[O-])c1. The molecule has 1 heterocycles. The van der Waals surface area contributed by atoms with Gasteiger partial charge in [0.25, 0.3) is 5.69 Å². The van der Waals surface area contributed by atoms with Crippen LogP contribution in [-0.4, -0.2) is 49.7 Å². The fourth-order valence-corrected chi connectivity index (χ4v) is 5.00. The fraction of sp³-hybridized carbons (Fsp3) is 0.409. The summed E-state index contributed by atoms with van der Waals surface area (Å²) in [6.45, 7) is 5.08. The van der Waals surface area contributed by atoms with Crippen molar-refractivity contribution in [2.24, 2.45) is 5.92 Å². The number of ether oxygens (including phenoxy) is 1. The van der Waals surface area contributed by atoms with Gasteiger partial charge in [0.1, 0.15) is 11.4 Å². The van der Waals surface area contributed by atoms with Crippen molar-refractivity contribution in [3.05, 3.63) is 58.1 Å². The maximum absolute atomic E-state index is 12.8. The smallest absolute Gasteiger partial charge is 0.296 e. The molecule has 9 nitrogen and oxygen atoms in total. The number of Topliss-reactive ketones (excluding diaryl/α,β-unsaturated/α-hetero) is 1. The Morgan fingerprint density at radius 2 is 1.84 bits per heavy atom. The van der Waals surface area contributed by atoms with Gasteiger partial charge in [0.05, 0.1) is 29.0 Å². The van der Waals surface area contributed by atoms with Gasteiger partial charge < -0.3 is 10.1 Å². The van der Waals surface area contributed by atoms with Gasteiger partial charge in [-0.15, -0.1) is 0 Å². The molecular weight excluding hydrogens is 434 g/mol. The highest BCUT2D eigenvalue weighted by atomic mass is 32.2. The number of hydrogen-bond acceptors (Lipinski definition) is 7. The minimum atomic E-state index is -3.59. The zero-order valence-corrected chi connectivity index (χ0v) is 18.9. The molecule has 0 unspecified atom stereocenters. The summed E-state index contributed by atoms with van der Waals surface area (Å²) in [5.41, 5.74) is 0.323. The average Bonchev–Trinajstić information content (AvgIpc) is 2.78. The van der Waals surface area contributed by atoms with Gasteiger partial charge in [-0.1, -0.05) is 6.92 Å². The Bertz CT molecular complexity index is 1080. The molecule has 1 aliphatic rings. The molecule has 0 bridgehead atoms. The Balaban J connectivity index is 1.67. The van der Waals surface area contributed by atoms with Crippen molar-refractivity contribution in [1.29, 1.82) is 0 Å². The molecule has 2 aromatic carbocycles. The van der Waals surface area contributed by atoms with Crippen LogP contribution in [0.1, 0.15) is 37.0 Å². The largest absolute Gasteiger partial charge is 0.494 e. The molecule has 1 N–H and O–H groups in total. The summed E-state index contributed by atoms with van der Waals surface area (Å²) in [4.78, 5) is 23.5. The number of hydrogen-bond donors (Lipinski definition) is 1. The molecule has 0 aliphatic carbocycles. The molecule has 3 rings (SSSR count). The van der Waals surface area contributed by atoms with Gasteiger partial charge in [-0.25, -0.2) is 8.42 Å². The van der Waals surface area contributed by atoms with Crippen molar-refractivity contribution in [2.75, 3.05) is 31.6 Å². The minimum absolute atomic E-state index is 0.152. The van der Waals surface area contributed by atoms with E-state index in [2.05, 4.69) is 12.2 Å². The Labute approximate surface area is 187 Å². The summed E-state index contributed by atoms with van der Waals surface area (Å²) in [7, 11) is -3.59. The van der Waals surface area contributed by atoms with Crippen LogP contribution in [0.2, 0.25) is 0 Å². The van der Waals surface area contributed by atoms with E-state index in [1.165, 1.54) is 40.7 Å². The Hall–Kier alpha value is -2.98. The summed E-state index contributed by atoms with van der Waals surface area (Å²) >= 11 is 0. The number of piperidine rings is 1. The molecule has 0 aromatic heterocycles. The first-order chi connectivity index (χ1) is 15.2. The average molecular weight is 462 g/mol. The molecule has 0 radical (unpaired) electrons. The van der Waals surface area contributed by atoms with E-state index in [-0.39, 0.29) is 28.6 Å². The highest BCUT2D eigenvalue weighted by Gasteiger charge is 2.28. The maximum atomic E-state index is 12.8. The van der Waals surface area contributed by atoms with Crippen LogP contribution in [0.5, 0.6) is 5.75 Å². The fourth-order valence-electron chi connectivity index (χ4n) is 3.53. The molecule has 1 fully saturated rings. The third kappa shape index (κ3) is 5.43. The molecule has 0 atom stereocenters. The molecule has 0 spiro atoms. The van der Waals surface area contributed by atoms with Crippen LogP contribution >= 0.6 is 0 Å². The second-order valence-corrected chi connectivity index (χ2v) is 9.69. The van der Waals surface area contributed by atoms with E-state index < -0.39 is 14.9 Å². The van der Waals surface area contributed by atoms with Crippen molar-refractivity contribution in [3.8, 4) is 5.75 Å². The minimum Gasteiger partial charge on any atom is -0.494 e. The molecule has 10 heteroatoms. The van der Waals surface area contributed by atoms with Crippen molar-refractivity contribution in [2.45, 2.75) is 31.6 Å². The van der Waals surface area contributed by atoms with E-state index in [0.29, 0.717) is 36.9 Å². The van der Waals surface area contributed by atoms with Gasteiger partial charge in [0.15, 0.2) is 5.78 Å². The molecule has 0 amide bonds. The first kappa shape index (κ1) is 23.7. The lowest BCUT2D eigenvalue weighted by Crippen LogP contribution is -2.37. The Kier molecular flexibility index (Phi) is 7.47. The summed E-state index contributed by atoms with van der Waals surface area (Å²) in [6, 6.07) is 10.2. The van der Waals surface area contributed by atoms with E-state index in [4.69, 9.17) is 4.74 Å². The monoisotopic (exact) mass is 461 g/mol. The standard InChI is InChI=1S/C22H27N3O6S/c1-3-31-18-6-9-20(21(14-18)25(27)28)23-15-22(26)17-4-7-19(8-5-17)32(29,30)24-12-10-16(2)11-13-24/h4-9,14,16,23H,3,10-13,15H2,1-2H3. The number of nitrogens with one attached hydrogen (secondary N) is 1. The van der Waals surface area contributed by atoms with Gasteiger partial charge in [-0.2, -0.15) is 4.31 Å². The molecule has 0 saturated carbocycles. The number of ketones is 1. The molecular formula is C22H27N3O6S. The van der Waals surface area contributed by atoms with Gasteiger partial charge >= 0.3 is 0 Å². The van der Waals surface area contributed by atoms with Crippen molar-refractivity contribution in [3.63, 3.8) is 0 Å². The number of carbonyl (C=O) groups is 1. The summed E-state index contributed by atoms with van der Waals surface area (Å²) < 4.78 is 32.4. The molecule has 1 aliphatic heterocycles. The van der Waals surface area contributed by atoms with Gasteiger partial charge in [-0.05, 0) is 62.1 Å². The van der Waals surface area contributed by atoms with Crippen LogP contribution < -0.4 is 10.1 Å². The van der Waals surface area contributed by atoms with Crippen LogP contribution in [0.15, 0.2) is 47.4 Å². The van der Waals surface area contributed by atoms with E-state index in [9.17, 15) is 23.3 Å². The molecule has 172 valence electrons. The summed E-state index contributed by atoms with van der Waals surface area (Å²) in [6.07, 6.45) is 1.66. The third-order valence-corrected chi connectivity index (χ3v) is 7.39. The quantitative estimate of drug-likeness (QED) is 0.343. The Morgan fingerprint density at radius 1 is 1.19 bits per heavy atom. The van der Waals surface area contributed by atoms with Crippen molar-refractivity contribution in [1.82, 2.24) is 4.31 Å². The van der Waals surface area contributed by atoms with E-state index in [1.807, 2.05) is 0 Å². The number of nitro groups is 1. The first-order valence-corrected chi connectivity index (χ1v) is 11.9. The van der Waals surface area contributed by atoms with E-state index in [1.54, 1.807) is 13.0 Å². The molecule has 32 heavy (non-hydrogen) atoms. The van der Waals surface area contributed by atoms with Crippen LogP contribution in [0.25, 0.3) is 0 Å². The van der Waals surface area contributed by atoms with E-state index >= 15 is 0 Å². The maximum Gasteiger partial charge on any atom is 0.296 e. The normalized spacial score (nSPS) is 15.3. The number of rotatable bonds is 9. The van der Waals surface area contributed by atoms with Crippen LogP contribution in [-0.2, 0) is 10.0 Å². The predicted molar refractivity (Wildman–Crippen MR) is 121 cm³/mol. The lowest BCUT2D eigenvalue weighted by molar-refractivity contribution is -0.384. The zero-order valence-electron chi connectivity index (χ0n) is 18.1. The van der Waals surface area contributed by atoms with Crippen LogP contribution in [0.4, 0.5) is 11.4 Å².